The van der Waals surface area contributed by atoms with Crippen molar-refractivity contribution in [2.75, 3.05) is 20.1 Å². The first-order chi connectivity index (χ1) is 7.70. The molecule has 1 aromatic heterocycles. The highest BCUT2D eigenvalue weighted by Crippen LogP contribution is 2.32. The summed E-state index contributed by atoms with van der Waals surface area (Å²) >= 11 is 7.67. The van der Waals surface area contributed by atoms with Gasteiger partial charge < -0.3 is 5.73 Å². The van der Waals surface area contributed by atoms with Gasteiger partial charge in [0.05, 0.1) is 11.1 Å². The maximum atomic E-state index is 5.96. The molecule has 0 aromatic carbocycles. The van der Waals surface area contributed by atoms with Crippen molar-refractivity contribution in [2.45, 2.75) is 25.3 Å². The third-order valence-electron chi connectivity index (χ3n) is 3.44. The van der Waals surface area contributed by atoms with Crippen LogP contribution in [0.3, 0.4) is 0 Å². The minimum Gasteiger partial charge on any atom is -0.329 e. The molecule has 16 heavy (non-hydrogen) atoms. The molecule has 1 aliphatic carbocycles. The molecule has 4 heteroatoms. The second-order valence-electron chi connectivity index (χ2n) is 4.66. The summed E-state index contributed by atoms with van der Waals surface area (Å²) in [5.41, 5.74) is 5.87. The topological polar surface area (TPSA) is 29.3 Å². The van der Waals surface area contributed by atoms with E-state index in [4.69, 9.17) is 17.3 Å². The van der Waals surface area contributed by atoms with Crippen LogP contribution in [0, 0.1) is 5.92 Å². The molecule has 1 atom stereocenters. The predicted octanol–water partition coefficient (Wildman–Crippen LogP) is 3.13. The average Bonchev–Trinajstić information content (AvgIpc) is 2.60. The first-order valence-electron chi connectivity index (χ1n) is 5.85. The number of nitrogens with zero attached hydrogens (tertiary/aromatic N) is 1. The highest BCUT2D eigenvalue weighted by molar-refractivity contribution is 7.10. The molecule has 0 amide bonds. The quantitative estimate of drug-likeness (QED) is 0.879. The molecule has 1 heterocycles. The number of halogens is 1. The zero-order valence-electron chi connectivity index (χ0n) is 9.66. The Labute approximate surface area is 106 Å². The van der Waals surface area contributed by atoms with E-state index in [0.29, 0.717) is 12.6 Å². The van der Waals surface area contributed by atoms with Gasteiger partial charge in [-0.1, -0.05) is 18.0 Å². The Balaban J connectivity index is 1.97. The molecule has 2 N–H and O–H groups in total. The van der Waals surface area contributed by atoms with Crippen LogP contribution in [0.1, 0.15) is 30.2 Å². The lowest BCUT2D eigenvalue weighted by Crippen LogP contribution is -2.35. The number of likely N-dealkylation sites (N-methyl/N-ethyl adjacent to an activating group) is 1. The van der Waals surface area contributed by atoms with Crippen molar-refractivity contribution in [1.82, 2.24) is 4.90 Å². The van der Waals surface area contributed by atoms with Crippen molar-refractivity contribution in [3.8, 4) is 0 Å². The number of nitrogens with two attached hydrogens (primary N) is 1. The van der Waals surface area contributed by atoms with E-state index in [1.165, 1.54) is 24.1 Å². The third-order valence-corrected chi connectivity index (χ3v) is 4.82. The molecule has 0 radical (unpaired) electrons. The lowest BCUT2D eigenvalue weighted by atomic mass is 9.85. The monoisotopic (exact) mass is 258 g/mol. The van der Waals surface area contributed by atoms with Crippen LogP contribution in [0.5, 0.6) is 0 Å². The van der Waals surface area contributed by atoms with Crippen molar-refractivity contribution < 1.29 is 0 Å². The number of hydrogen-bond acceptors (Lipinski definition) is 3. The number of hydrogen-bond donors (Lipinski definition) is 1. The Hall–Kier alpha value is -0.0900. The summed E-state index contributed by atoms with van der Waals surface area (Å²) in [5.74, 6) is 0.884. The molecule has 90 valence electrons. The molecule has 0 bridgehead atoms. The van der Waals surface area contributed by atoms with Gasteiger partial charge in [0.1, 0.15) is 0 Å². The van der Waals surface area contributed by atoms with E-state index in [9.17, 15) is 0 Å². The van der Waals surface area contributed by atoms with Gasteiger partial charge in [0.15, 0.2) is 0 Å². The van der Waals surface area contributed by atoms with E-state index >= 15 is 0 Å². The van der Waals surface area contributed by atoms with Crippen LogP contribution in [0.2, 0.25) is 5.02 Å². The van der Waals surface area contributed by atoms with E-state index in [-0.39, 0.29) is 0 Å². The van der Waals surface area contributed by atoms with Crippen LogP contribution in [0.25, 0.3) is 0 Å². The molecule has 2 nitrogen and oxygen atoms in total. The van der Waals surface area contributed by atoms with Crippen molar-refractivity contribution in [2.24, 2.45) is 11.7 Å². The van der Waals surface area contributed by atoms with Gasteiger partial charge in [-0.05, 0) is 31.9 Å². The standard InChI is InChI=1S/C12H19ClN2S/c1-15(7-9-3-2-4-9)11(6-14)12-5-10(13)8-16-12/h5,8-9,11H,2-4,6-7,14H2,1H3. The minimum absolute atomic E-state index is 0.332. The second kappa shape index (κ2) is 5.50. The van der Waals surface area contributed by atoms with Gasteiger partial charge in [0.25, 0.3) is 0 Å². The maximum absolute atomic E-state index is 5.96. The summed E-state index contributed by atoms with van der Waals surface area (Å²) in [5, 5.41) is 2.81. The molecule has 1 aliphatic rings. The Morgan fingerprint density at radius 1 is 1.62 bits per heavy atom. The summed E-state index contributed by atoms with van der Waals surface area (Å²) < 4.78 is 0. The Morgan fingerprint density at radius 3 is 2.81 bits per heavy atom. The van der Waals surface area contributed by atoms with Crippen LogP contribution in [-0.2, 0) is 0 Å². The summed E-state index contributed by atoms with van der Waals surface area (Å²) in [4.78, 5) is 3.67. The van der Waals surface area contributed by atoms with E-state index in [0.717, 1.165) is 17.5 Å². The third kappa shape index (κ3) is 2.77. The van der Waals surface area contributed by atoms with E-state index in [1.54, 1.807) is 11.3 Å². The molecule has 1 saturated carbocycles. The Bertz CT molecular complexity index is 336. The van der Waals surface area contributed by atoms with Crippen molar-refractivity contribution >= 4 is 22.9 Å². The highest BCUT2D eigenvalue weighted by Gasteiger charge is 2.24. The normalized spacial score (nSPS) is 18.8. The van der Waals surface area contributed by atoms with Crippen LogP contribution >= 0.6 is 22.9 Å². The van der Waals surface area contributed by atoms with Gasteiger partial charge in [-0.2, -0.15) is 0 Å². The molecule has 0 saturated heterocycles. The lowest BCUT2D eigenvalue weighted by molar-refractivity contribution is 0.166. The fourth-order valence-electron chi connectivity index (χ4n) is 2.23. The lowest BCUT2D eigenvalue weighted by Gasteiger charge is -2.34. The fraction of sp³-hybridized carbons (Fsp3) is 0.667. The smallest absolute Gasteiger partial charge is 0.0562 e. The van der Waals surface area contributed by atoms with Gasteiger partial charge >= 0.3 is 0 Å². The Morgan fingerprint density at radius 2 is 2.38 bits per heavy atom. The molecule has 0 spiro atoms. The van der Waals surface area contributed by atoms with Gasteiger partial charge in [-0.15, -0.1) is 11.3 Å². The molecular formula is C12H19ClN2S. The molecule has 0 aliphatic heterocycles. The highest BCUT2D eigenvalue weighted by atomic mass is 35.5. The van der Waals surface area contributed by atoms with Crippen LogP contribution in [-0.4, -0.2) is 25.0 Å². The zero-order chi connectivity index (χ0) is 11.5. The van der Waals surface area contributed by atoms with Crippen molar-refractivity contribution in [3.63, 3.8) is 0 Å². The average molecular weight is 259 g/mol. The second-order valence-corrected chi connectivity index (χ2v) is 6.03. The number of rotatable bonds is 5. The van der Waals surface area contributed by atoms with E-state index in [1.807, 2.05) is 11.4 Å². The summed E-state index contributed by atoms with van der Waals surface area (Å²) in [7, 11) is 2.17. The van der Waals surface area contributed by atoms with Crippen LogP contribution < -0.4 is 5.73 Å². The Kier molecular flexibility index (Phi) is 4.25. The molecule has 2 rings (SSSR count). The molecular weight excluding hydrogens is 240 g/mol. The van der Waals surface area contributed by atoms with Gasteiger partial charge in [-0.25, -0.2) is 0 Å². The molecule has 1 fully saturated rings. The fourth-order valence-corrected chi connectivity index (χ4v) is 3.49. The zero-order valence-corrected chi connectivity index (χ0v) is 11.2. The molecule has 1 aromatic rings. The summed E-state index contributed by atoms with van der Waals surface area (Å²) in [6.45, 7) is 1.83. The summed E-state index contributed by atoms with van der Waals surface area (Å²) in [6.07, 6.45) is 4.16. The van der Waals surface area contributed by atoms with Crippen LogP contribution in [0.4, 0.5) is 0 Å². The van der Waals surface area contributed by atoms with Crippen molar-refractivity contribution in [1.29, 1.82) is 0 Å². The van der Waals surface area contributed by atoms with E-state index < -0.39 is 0 Å². The molecule has 1 unspecified atom stereocenters. The van der Waals surface area contributed by atoms with Gasteiger partial charge in [-0.3, -0.25) is 4.90 Å². The first-order valence-corrected chi connectivity index (χ1v) is 7.10. The van der Waals surface area contributed by atoms with Gasteiger partial charge in [0.2, 0.25) is 0 Å². The van der Waals surface area contributed by atoms with Crippen LogP contribution in [0.15, 0.2) is 11.4 Å². The largest absolute Gasteiger partial charge is 0.329 e. The van der Waals surface area contributed by atoms with Crippen molar-refractivity contribution in [3.05, 3.63) is 21.3 Å². The maximum Gasteiger partial charge on any atom is 0.0562 e. The minimum atomic E-state index is 0.332. The van der Waals surface area contributed by atoms with Gasteiger partial charge in [0, 0.05) is 23.3 Å². The number of thiophene rings is 1. The van der Waals surface area contributed by atoms with E-state index in [2.05, 4.69) is 11.9 Å². The predicted molar refractivity (Wildman–Crippen MR) is 71.1 cm³/mol. The first kappa shape index (κ1) is 12.4. The summed E-state index contributed by atoms with van der Waals surface area (Å²) in [6, 6.07) is 2.37. The SMILES string of the molecule is CN(CC1CCC1)C(CN)c1cc(Cl)cs1.